The van der Waals surface area contributed by atoms with E-state index >= 15 is 0 Å². The molecule has 1 saturated heterocycles. The second-order valence-corrected chi connectivity index (χ2v) is 6.13. The number of hydrogen-bond donors (Lipinski definition) is 1. The Balaban J connectivity index is 1.55. The molecule has 0 radical (unpaired) electrons. The van der Waals surface area contributed by atoms with Gasteiger partial charge in [-0.05, 0) is 37.5 Å². The molecule has 0 unspecified atom stereocenters. The average molecular weight is 330 g/mol. The topological polar surface area (TPSA) is 50.2 Å². The Morgan fingerprint density at radius 1 is 1.33 bits per heavy atom. The maximum Gasteiger partial charge on any atom is 0.245 e. The molecule has 0 bridgehead atoms. The molecule has 1 fully saturated rings. The first-order chi connectivity index (χ1) is 11.7. The molecule has 0 spiro atoms. The monoisotopic (exact) mass is 330 g/mol. The minimum atomic E-state index is -0.274. The van der Waals surface area contributed by atoms with Gasteiger partial charge in [0.05, 0.1) is 5.69 Å². The number of amides is 1. The van der Waals surface area contributed by atoms with Crippen molar-refractivity contribution in [2.45, 2.75) is 38.3 Å². The zero-order valence-electron chi connectivity index (χ0n) is 13.9. The summed E-state index contributed by atoms with van der Waals surface area (Å²) < 4.78 is 15.6. The van der Waals surface area contributed by atoms with E-state index < -0.39 is 0 Å². The molecule has 2 heterocycles. The van der Waals surface area contributed by atoms with E-state index in [4.69, 9.17) is 0 Å². The first-order valence-electron chi connectivity index (χ1n) is 8.48. The number of piperidine rings is 1. The van der Waals surface area contributed by atoms with E-state index in [1.54, 1.807) is 23.0 Å². The first kappa shape index (κ1) is 16.5. The van der Waals surface area contributed by atoms with Gasteiger partial charge in [-0.25, -0.2) is 4.39 Å². The van der Waals surface area contributed by atoms with Crippen molar-refractivity contribution in [3.8, 4) is 0 Å². The van der Waals surface area contributed by atoms with Crippen LogP contribution < -0.4 is 10.2 Å². The number of rotatable bonds is 5. The fourth-order valence-electron chi connectivity index (χ4n) is 3.23. The lowest BCUT2D eigenvalue weighted by Gasteiger charge is -2.34. The Hall–Kier alpha value is -2.37. The Labute approximate surface area is 141 Å². The van der Waals surface area contributed by atoms with Crippen LogP contribution in [0, 0.1) is 5.82 Å². The van der Waals surface area contributed by atoms with Gasteiger partial charge in [-0.3, -0.25) is 9.48 Å². The van der Waals surface area contributed by atoms with Gasteiger partial charge in [0.1, 0.15) is 11.9 Å². The summed E-state index contributed by atoms with van der Waals surface area (Å²) in [5.41, 5.74) is 0.644. The second kappa shape index (κ2) is 7.47. The smallest absolute Gasteiger partial charge is 0.245 e. The number of aromatic nitrogens is 2. The summed E-state index contributed by atoms with van der Waals surface area (Å²) in [5.74, 6) is -0.185. The number of carbonyl (C=O) groups is 1. The maximum atomic E-state index is 13.9. The summed E-state index contributed by atoms with van der Waals surface area (Å²) in [6, 6.07) is 8.52. The van der Waals surface area contributed by atoms with Crippen LogP contribution in [0.3, 0.4) is 0 Å². The van der Waals surface area contributed by atoms with E-state index in [1.165, 1.54) is 6.07 Å². The summed E-state index contributed by atoms with van der Waals surface area (Å²) in [5, 5.41) is 7.29. The highest BCUT2D eigenvalue weighted by atomic mass is 19.1. The molecular formula is C18H23FN4O. The normalized spacial score (nSPS) is 16.8. The van der Waals surface area contributed by atoms with Crippen molar-refractivity contribution in [3.05, 3.63) is 48.5 Å². The highest BCUT2D eigenvalue weighted by Crippen LogP contribution is 2.23. The van der Waals surface area contributed by atoms with E-state index in [0.717, 1.165) is 25.9 Å². The van der Waals surface area contributed by atoms with Gasteiger partial charge in [-0.15, -0.1) is 0 Å². The van der Waals surface area contributed by atoms with Crippen LogP contribution in [0.25, 0.3) is 0 Å². The predicted molar refractivity (Wildman–Crippen MR) is 91.3 cm³/mol. The quantitative estimate of drug-likeness (QED) is 0.917. The molecule has 6 heteroatoms. The van der Waals surface area contributed by atoms with Gasteiger partial charge in [0, 0.05) is 31.5 Å². The van der Waals surface area contributed by atoms with E-state index in [2.05, 4.69) is 10.4 Å². The zero-order chi connectivity index (χ0) is 16.9. The van der Waals surface area contributed by atoms with Crippen molar-refractivity contribution in [2.75, 3.05) is 18.0 Å². The minimum absolute atomic E-state index is 0.00513. The molecule has 1 aromatic carbocycles. The van der Waals surface area contributed by atoms with Gasteiger partial charge >= 0.3 is 0 Å². The number of nitrogens with zero attached hydrogens (tertiary/aromatic N) is 3. The lowest BCUT2D eigenvalue weighted by Crippen LogP contribution is -2.46. The fraction of sp³-hybridized carbons (Fsp3) is 0.444. The van der Waals surface area contributed by atoms with Crippen LogP contribution in [-0.2, 0) is 4.79 Å². The molecule has 128 valence electrons. The molecule has 0 saturated carbocycles. The second-order valence-electron chi connectivity index (χ2n) is 6.13. The van der Waals surface area contributed by atoms with Crippen molar-refractivity contribution in [1.29, 1.82) is 0 Å². The zero-order valence-corrected chi connectivity index (χ0v) is 13.9. The SMILES string of the molecule is CC[C@@H](C(=O)NC1CCN(c2ccccc2F)CC1)n1cccn1. The summed E-state index contributed by atoms with van der Waals surface area (Å²) in [6.07, 6.45) is 5.82. The van der Waals surface area contributed by atoms with Crippen molar-refractivity contribution in [1.82, 2.24) is 15.1 Å². The van der Waals surface area contributed by atoms with E-state index in [-0.39, 0.29) is 23.8 Å². The van der Waals surface area contributed by atoms with E-state index in [0.29, 0.717) is 12.1 Å². The first-order valence-corrected chi connectivity index (χ1v) is 8.48. The molecule has 1 aliphatic heterocycles. The third kappa shape index (κ3) is 3.58. The summed E-state index contributed by atoms with van der Waals surface area (Å²) >= 11 is 0. The fourth-order valence-corrected chi connectivity index (χ4v) is 3.23. The van der Waals surface area contributed by atoms with Crippen LogP contribution in [0.1, 0.15) is 32.2 Å². The van der Waals surface area contributed by atoms with E-state index in [9.17, 15) is 9.18 Å². The van der Waals surface area contributed by atoms with Gasteiger partial charge in [0.25, 0.3) is 0 Å². The third-order valence-corrected chi connectivity index (χ3v) is 4.57. The van der Waals surface area contributed by atoms with Crippen LogP contribution in [0.4, 0.5) is 10.1 Å². The number of benzene rings is 1. The molecule has 3 rings (SSSR count). The molecular weight excluding hydrogens is 307 g/mol. The van der Waals surface area contributed by atoms with Gasteiger partial charge < -0.3 is 10.2 Å². The molecule has 0 aliphatic carbocycles. The Morgan fingerprint density at radius 3 is 2.71 bits per heavy atom. The largest absolute Gasteiger partial charge is 0.369 e. The number of anilines is 1. The summed E-state index contributed by atoms with van der Waals surface area (Å²) in [4.78, 5) is 14.5. The van der Waals surface area contributed by atoms with E-state index in [1.807, 2.05) is 30.2 Å². The molecule has 5 nitrogen and oxygen atoms in total. The van der Waals surface area contributed by atoms with Crippen LogP contribution in [0.15, 0.2) is 42.7 Å². The number of hydrogen-bond acceptors (Lipinski definition) is 3. The average Bonchev–Trinajstić information content (AvgIpc) is 3.11. The van der Waals surface area contributed by atoms with Gasteiger partial charge in [-0.1, -0.05) is 19.1 Å². The van der Waals surface area contributed by atoms with Crippen molar-refractivity contribution in [2.24, 2.45) is 0 Å². The van der Waals surface area contributed by atoms with Crippen LogP contribution >= 0.6 is 0 Å². The van der Waals surface area contributed by atoms with Crippen LogP contribution in [0.5, 0.6) is 0 Å². The lowest BCUT2D eigenvalue weighted by atomic mass is 10.0. The third-order valence-electron chi connectivity index (χ3n) is 4.57. The molecule has 1 amide bonds. The van der Waals surface area contributed by atoms with Crippen molar-refractivity contribution >= 4 is 11.6 Å². The predicted octanol–water partition coefficient (Wildman–Crippen LogP) is 2.76. The van der Waals surface area contributed by atoms with Gasteiger partial charge in [0.15, 0.2) is 0 Å². The number of nitrogens with one attached hydrogen (secondary N) is 1. The number of carbonyl (C=O) groups excluding carboxylic acids is 1. The molecule has 1 aliphatic rings. The number of halogens is 1. The van der Waals surface area contributed by atoms with Gasteiger partial charge in [-0.2, -0.15) is 5.10 Å². The van der Waals surface area contributed by atoms with Crippen molar-refractivity contribution in [3.63, 3.8) is 0 Å². The molecule has 2 aromatic rings. The summed E-state index contributed by atoms with van der Waals surface area (Å²) in [6.45, 7) is 3.46. The highest BCUT2D eigenvalue weighted by molar-refractivity contribution is 5.80. The van der Waals surface area contributed by atoms with Crippen molar-refractivity contribution < 1.29 is 9.18 Å². The number of para-hydroxylation sites is 1. The Bertz CT molecular complexity index is 665. The lowest BCUT2D eigenvalue weighted by molar-refractivity contribution is -0.125. The standard InChI is InChI=1S/C18H23FN4O/c1-2-16(23-11-5-10-20-23)18(24)21-14-8-12-22(13-9-14)17-7-4-3-6-15(17)19/h3-7,10-11,14,16H,2,8-9,12-13H2,1H3,(H,21,24)/t16-/m0/s1. The molecule has 1 N–H and O–H groups in total. The van der Waals surface area contributed by atoms with Crippen LogP contribution in [0.2, 0.25) is 0 Å². The minimum Gasteiger partial charge on any atom is -0.369 e. The van der Waals surface area contributed by atoms with Crippen LogP contribution in [-0.4, -0.2) is 34.8 Å². The Morgan fingerprint density at radius 2 is 2.08 bits per heavy atom. The molecule has 1 aromatic heterocycles. The van der Waals surface area contributed by atoms with Gasteiger partial charge in [0.2, 0.25) is 5.91 Å². The molecule has 1 atom stereocenters. The Kier molecular flexibility index (Phi) is 5.13. The molecule has 24 heavy (non-hydrogen) atoms. The highest BCUT2D eigenvalue weighted by Gasteiger charge is 2.25. The summed E-state index contributed by atoms with van der Waals surface area (Å²) in [7, 11) is 0. The maximum absolute atomic E-state index is 13.9.